The van der Waals surface area contributed by atoms with Crippen LogP contribution in [-0.2, 0) is 0 Å². The van der Waals surface area contributed by atoms with Crippen molar-refractivity contribution in [2.75, 3.05) is 0 Å². The zero-order chi connectivity index (χ0) is 13.2. The Morgan fingerprint density at radius 3 is 2.41 bits per heavy atom. The van der Waals surface area contributed by atoms with Crippen molar-refractivity contribution in [3.63, 3.8) is 0 Å². The maximum Gasteiger partial charge on any atom is 0.574 e. The zero-order valence-corrected chi connectivity index (χ0v) is 8.35. The molecule has 0 unspecified atom stereocenters. The van der Waals surface area contributed by atoms with Gasteiger partial charge < -0.3 is 4.74 Å². The number of hydrogen-bond donors (Lipinski definition) is 0. The summed E-state index contributed by atoms with van der Waals surface area (Å²) in [6, 6.07) is 2.22. The Bertz CT molecular complexity index is 464. The molecule has 0 bridgehead atoms. The van der Waals surface area contributed by atoms with E-state index in [9.17, 15) is 22.0 Å². The molecule has 0 atom stereocenters. The fourth-order valence-electron chi connectivity index (χ4n) is 1.04. The summed E-state index contributed by atoms with van der Waals surface area (Å²) in [5.74, 6) is -1.04. The SMILES string of the molecule is Cc1c(C#N)cc(C(F)F)nc1OC(F)(F)F. The van der Waals surface area contributed by atoms with Gasteiger partial charge in [0.25, 0.3) is 6.43 Å². The second-order valence-electron chi connectivity index (χ2n) is 2.99. The summed E-state index contributed by atoms with van der Waals surface area (Å²) < 4.78 is 64.0. The molecule has 0 amide bonds. The monoisotopic (exact) mass is 252 g/mol. The molecule has 0 fully saturated rings. The topological polar surface area (TPSA) is 45.9 Å². The van der Waals surface area contributed by atoms with Crippen LogP contribution >= 0.6 is 0 Å². The normalized spacial score (nSPS) is 11.4. The Kier molecular flexibility index (Phi) is 3.50. The first-order valence-corrected chi connectivity index (χ1v) is 4.20. The van der Waals surface area contributed by atoms with Crippen molar-refractivity contribution in [3.8, 4) is 11.9 Å². The van der Waals surface area contributed by atoms with Gasteiger partial charge >= 0.3 is 6.36 Å². The highest BCUT2D eigenvalue weighted by Crippen LogP contribution is 2.29. The summed E-state index contributed by atoms with van der Waals surface area (Å²) in [5.41, 5.74) is -1.52. The third-order valence-electron chi connectivity index (χ3n) is 1.80. The molecule has 0 radical (unpaired) electrons. The minimum atomic E-state index is -5.05. The Balaban J connectivity index is 3.29. The van der Waals surface area contributed by atoms with Gasteiger partial charge in [-0.2, -0.15) is 5.26 Å². The van der Waals surface area contributed by atoms with Crippen LogP contribution in [0.5, 0.6) is 5.88 Å². The molecule has 1 rings (SSSR count). The van der Waals surface area contributed by atoms with Crippen molar-refractivity contribution in [2.24, 2.45) is 0 Å². The van der Waals surface area contributed by atoms with Crippen LogP contribution in [-0.4, -0.2) is 11.3 Å². The molecule has 0 saturated carbocycles. The van der Waals surface area contributed by atoms with E-state index in [0.717, 1.165) is 13.0 Å². The summed E-state index contributed by atoms with van der Waals surface area (Å²) in [6.07, 6.45) is -8.14. The quantitative estimate of drug-likeness (QED) is 0.760. The molecule has 92 valence electrons. The fourth-order valence-corrected chi connectivity index (χ4v) is 1.04. The molecule has 1 aromatic rings. The third kappa shape index (κ3) is 3.27. The molecule has 8 heteroatoms. The summed E-state index contributed by atoms with van der Waals surface area (Å²) in [4.78, 5) is 3.02. The van der Waals surface area contributed by atoms with E-state index in [-0.39, 0.29) is 11.1 Å². The van der Waals surface area contributed by atoms with Gasteiger partial charge in [0.2, 0.25) is 5.88 Å². The number of aromatic nitrogens is 1. The number of ether oxygens (including phenoxy) is 1. The van der Waals surface area contributed by atoms with Gasteiger partial charge in [0.1, 0.15) is 5.69 Å². The van der Waals surface area contributed by atoms with Crippen LogP contribution in [0.4, 0.5) is 22.0 Å². The van der Waals surface area contributed by atoms with E-state index in [1.165, 1.54) is 6.07 Å². The van der Waals surface area contributed by atoms with Crippen molar-refractivity contribution in [1.29, 1.82) is 5.26 Å². The summed E-state index contributed by atoms with van der Waals surface area (Å²) >= 11 is 0. The van der Waals surface area contributed by atoms with Gasteiger partial charge in [-0.3, -0.25) is 0 Å². The number of hydrogen-bond acceptors (Lipinski definition) is 3. The number of rotatable bonds is 2. The van der Waals surface area contributed by atoms with Crippen molar-refractivity contribution < 1.29 is 26.7 Å². The average molecular weight is 252 g/mol. The minimum Gasteiger partial charge on any atom is -0.388 e. The number of nitrogens with zero attached hydrogens (tertiary/aromatic N) is 2. The van der Waals surface area contributed by atoms with E-state index < -0.39 is 24.4 Å². The van der Waals surface area contributed by atoms with Gasteiger partial charge in [-0.05, 0) is 13.0 Å². The smallest absolute Gasteiger partial charge is 0.388 e. The molecule has 1 heterocycles. The van der Waals surface area contributed by atoms with E-state index in [1.807, 2.05) is 0 Å². The minimum absolute atomic E-state index is 0.241. The zero-order valence-electron chi connectivity index (χ0n) is 8.35. The third-order valence-corrected chi connectivity index (χ3v) is 1.80. The highest BCUT2D eigenvalue weighted by molar-refractivity contribution is 5.43. The van der Waals surface area contributed by atoms with Gasteiger partial charge in [0, 0.05) is 5.56 Å². The molecule has 0 aliphatic rings. The molecule has 0 saturated heterocycles. The molecule has 0 aromatic carbocycles. The van der Waals surface area contributed by atoms with Crippen LogP contribution in [0.1, 0.15) is 23.2 Å². The van der Waals surface area contributed by atoms with E-state index >= 15 is 0 Å². The highest BCUT2D eigenvalue weighted by atomic mass is 19.4. The van der Waals surface area contributed by atoms with Crippen LogP contribution in [0.3, 0.4) is 0 Å². The summed E-state index contributed by atoms with van der Waals surface area (Å²) in [6.45, 7) is 1.13. The lowest BCUT2D eigenvalue weighted by atomic mass is 10.1. The predicted molar refractivity (Wildman–Crippen MR) is 45.3 cm³/mol. The molecule has 1 aromatic heterocycles. The fraction of sp³-hybridized carbons (Fsp3) is 0.333. The van der Waals surface area contributed by atoms with Gasteiger partial charge in [-0.25, -0.2) is 13.8 Å². The first kappa shape index (κ1) is 13.2. The van der Waals surface area contributed by atoms with E-state index in [0.29, 0.717) is 0 Å². The van der Waals surface area contributed by atoms with Crippen LogP contribution < -0.4 is 4.74 Å². The molecule has 3 nitrogen and oxygen atoms in total. The summed E-state index contributed by atoms with van der Waals surface area (Å²) in [7, 11) is 0. The Morgan fingerprint density at radius 2 is 2.00 bits per heavy atom. The number of nitriles is 1. The maximum absolute atomic E-state index is 12.3. The van der Waals surface area contributed by atoms with E-state index in [2.05, 4.69) is 9.72 Å². The van der Waals surface area contributed by atoms with Crippen molar-refractivity contribution in [3.05, 3.63) is 22.9 Å². The standard InChI is InChI=1S/C9H5F5N2O/c1-4-5(3-15)2-6(7(10)11)16-8(4)17-9(12,13)14/h2,7H,1H3. The van der Waals surface area contributed by atoms with Crippen molar-refractivity contribution >= 4 is 0 Å². The largest absolute Gasteiger partial charge is 0.574 e. The Labute approximate surface area is 92.4 Å². The predicted octanol–water partition coefficient (Wildman–Crippen LogP) is 3.10. The Morgan fingerprint density at radius 1 is 1.41 bits per heavy atom. The highest BCUT2D eigenvalue weighted by Gasteiger charge is 2.33. The lowest BCUT2D eigenvalue weighted by Crippen LogP contribution is -2.19. The average Bonchev–Trinajstić information content (AvgIpc) is 2.18. The number of alkyl halides is 5. The van der Waals surface area contributed by atoms with Crippen LogP contribution in [0, 0.1) is 18.3 Å². The molecular weight excluding hydrogens is 247 g/mol. The number of halogens is 5. The van der Waals surface area contributed by atoms with Crippen molar-refractivity contribution in [1.82, 2.24) is 4.98 Å². The van der Waals surface area contributed by atoms with Crippen LogP contribution in [0.15, 0.2) is 6.07 Å². The van der Waals surface area contributed by atoms with Gasteiger partial charge in [-0.15, -0.1) is 13.2 Å². The Hall–Kier alpha value is -1.91. The first-order chi connectivity index (χ1) is 7.74. The molecular formula is C9H5F5N2O. The van der Waals surface area contributed by atoms with Gasteiger partial charge in [0.05, 0.1) is 11.6 Å². The molecule has 0 aliphatic heterocycles. The lowest BCUT2D eigenvalue weighted by molar-refractivity contribution is -0.276. The van der Waals surface area contributed by atoms with Crippen molar-refractivity contribution in [2.45, 2.75) is 19.7 Å². The molecule has 0 spiro atoms. The molecule has 0 N–H and O–H groups in total. The number of pyridine rings is 1. The van der Waals surface area contributed by atoms with E-state index in [1.54, 1.807) is 0 Å². The van der Waals surface area contributed by atoms with Crippen LogP contribution in [0.2, 0.25) is 0 Å². The maximum atomic E-state index is 12.3. The summed E-state index contributed by atoms with van der Waals surface area (Å²) in [5, 5.41) is 8.59. The molecule has 17 heavy (non-hydrogen) atoms. The first-order valence-electron chi connectivity index (χ1n) is 4.20. The van der Waals surface area contributed by atoms with Gasteiger partial charge in [-0.1, -0.05) is 0 Å². The second kappa shape index (κ2) is 4.53. The van der Waals surface area contributed by atoms with E-state index in [4.69, 9.17) is 5.26 Å². The molecule has 0 aliphatic carbocycles. The van der Waals surface area contributed by atoms with Gasteiger partial charge in [0.15, 0.2) is 0 Å². The lowest BCUT2D eigenvalue weighted by Gasteiger charge is -2.12. The second-order valence-corrected chi connectivity index (χ2v) is 2.99. The van der Waals surface area contributed by atoms with Crippen LogP contribution in [0.25, 0.3) is 0 Å².